The Morgan fingerprint density at radius 3 is 2.32 bits per heavy atom. The normalized spacial score (nSPS) is 15.5. The van der Waals surface area contributed by atoms with E-state index in [4.69, 9.17) is 14.2 Å². The zero-order valence-electron chi connectivity index (χ0n) is 34.9. The Bertz CT molecular complexity index is 2300. The van der Waals surface area contributed by atoms with Gasteiger partial charge in [-0.1, -0.05) is 73.4 Å². The SMILES string of the molecule is C=C(C)[C@@H]1CCC(C)=C[C@H]1c1c(OC)cc(CCCCC)cc1OC(=O)N(C)CCCOC(=O)NS(=O)(=O)c1ccc(-n2nc(C(F)(F)F)cc2-c2ccc(C)cc2)cc1. The fraction of sp³-hybridized carbons (Fsp3) is 0.400. The van der Waals surface area contributed by atoms with E-state index in [1.165, 1.54) is 22.6 Å². The Kier molecular flexibility index (Phi) is 14.9. The van der Waals surface area contributed by atoms with Crippen LogP contribution in [0.3, 0.4) is 0 Å². The summed E-state index contributed by atoms with van der Waals surface area (Å²) in [5.74, 6) is 1.08. The highest BCUT2D eigenvalue weighted by Crippen LogP contribution is 2.47. The van der Waals surface area contributed by atoms with Crippen LogP contribution in [0.1, 0.15) is 87.6 Å². The number of nitrogens with one attached hydrogen (secondary N) is 1. The summed E-state index contributed by atoms with van der Waals surface area (Å²) < 4.78 is 87.0. The quantitative estimate of drug-likeness (QED) is 0.0871. The summed E-state index contributed by atoms with van der Waals surface area (Å²) in [7, 11) is -1.26. The number of hydrogen-bond acceptors (Lipinski definition) is 8. The van der Waals surface area contributed by atoms with Gasteiger partial charge in [-0.05, 0) is 107 Å². The first kappa shape index (κ1) is 45.5. The fourth-order valence-electron chi connectivity index (χ4n) is 7.21. The predicted octanol–water partition coefficient (Wildman–Crippen LogP) is 10.6. The van der Waals surface area contributed by atoms with Gasteiger partial charge in [-0.15, -0.1) is 0 Å². The first-order chi connectivity index (χ1) is 28.4. The third-order valence-corrected chi connectivity index (χ3v) is 11.8. The molecule has 1 aliphatic rings. The lowest BCUT2D eigenvalue weighted by Crippen LogP contribution is -2.33. The molecule has 3 aromatic carbocycles. The molecule has 0 saturated heterocycles. The number of halogens is 3. The van der Waals surface area contributed by atoms with Crippen molar-refractivity contribution in [2.45, 2.75) is 89.6 Å². The Balaban J connectivity index is 1.21. The number of benzene rings is 3. The van der Waals surface area contributed by atoms with Crippen molar-refractivity contribution in [2.75, 3.05) is 27.3 Å². The largest absolute Gasteiger partial charge is 0.496 e. The van der Waals surface area contributed by atoms with Crippen LogP contribution < -0.4 is 14.2 Å². The Morgan fingerprint density at radius 2 is 1.68 bits per heavy atom. The molecule has 4 aromatic rings. The van der Waals surface area contributed by atoms with E-state index in [0.717, 1.165) is 83.7 Å². The van der Waals surface area contributed by atoms with E-state index < -0.39 is 34.1 Å². The van der Waals surface area contributed by atoms with E-state index in [1.54, 1.807) is 38.4 Å². The number of carbonyl (C=O) groups is 2. The molecule has 0 bridgehead atoms. The molecule has 1 aromatic heterocycles. The number of ether oxygens (including phenoxy) is 3. The van der Waals surface area contributed by atoms with Crippen molar-refractivity contribution in [1.29, 1.82) is 0 Å². The Labute approximate surface area is 350 Å². The summed E-state index contributed by atoms with van der Waals surface area (Å²) in [6.45, 7) is 12.2. The molecule has 0 unspecified atom stereocenters. The van der Waals surface area contributed by atoms with Crippen LogP contribution in [0.5, 0.6) is 11.5 Å². The highest BCUT2D eigenvalue weighted by Gasteiger charge is 2.36. The van der Waals surface area contributed by atoms with Crippen molar-refractivity contribution >= 4 is 22.2 Å². The number of methoxy groups -OCH3 is 1. The summed E-state index contributed by atoms with van der Waals surface area (Å²) in [6.07, 6.45) is 1.53. The molecular formula is C45H53F3N4O7S. The molecule has 0 radical (unpaired) electrons. The van der Waals surface area contributed by atoms with Gasteiger partial charge in [0.1, 0.15) is 11.5 Å². The van der Waals surface area contributed by atoms with Gasteiger partial charge in [0.15, 0.2) is 5.69 Å². The Morgan fingerprint density at radius 1 is 1.00 bits per heavy atom. The maximum Gasteiger partial charge on any atom is 0.435 e. The van der Waals surface area contributed by atoms with Gasteiger partial charge in [-0.2, -0.15) is 18.3 Å². The third-order valence-electron chi connectivity index (χ3n) is 10.5. The van der Waals surface area contributed by atoms with Crippen molar-refractivity contribution in [3.05, 3.63) is 113 Å². The highest BCUT2D eigenvalue weighted by molar-refractivity contribution is 7.90. The number of sulfonamides is 1. The monoisotopic (exact) mass is 850 g/mol. The smallest absolute Gasteiger partial charge is 0.435 e. The van der Waals surface area contributed by atoms with Gasteiger partial charge in [0, 0.05) is 30.6 Å². The van der Waals surface area contributed by atoms with E-state index in [0.29, 0.717) is 17.1 Å². The van der Waals surface area contributed by atoms with Crippen LogP contribution in [0.2, 0.25) is 0 Å². The van der Waals surface area contributed by atoms with E-state index in [1.807, 2.05) is 30.7 Å². The summed E-state index contributed by atoms with van der Waals surface area (Å²) in [5, 5.41) is 3.74. The number of unbranched alkanes of at least 4 members (excludes halogenated alkanes) is 2. The number of allylic oxidation sites excluding steroid dienone is 3. The van der Waals surface area contributed by atoms with Gasteiger partial charge in [-0.25, -0.2) is 27.4 Å². The second-order valence-corrected chi connectivity index (χ2v) is 16.9. The summed E-state index contributed by atoms with van der Waals surface area (Å²) >= 11 is 0. The number of rotatable bonds is 16. The third kappa shape index (κ3) is 11.4. The highest BCUT2D eigenvalue weighted by atomic mass is 32.2. The number of carbonyl (C=O) groups excluding carboxylic acids is 2. The molecule has 60 heavy (non-hydrogen) atoms. The van der Waals surface area contributed by atoms with Crippen molar-refractivity contribution in [3.8, 4) is 28.4 Å². The summed E-state index contributed by atoms with van der Waals surface area (Å²) in [6, 6.07) is 16.6. The molecule has 1 heterocycles. The number of nitrogens with zero attached hydrogens (tertiary/aromatic N) is 3. The van der Waals surface area contributed by atoms with E-state index in [9.17, 15) is 31.2 Å². The van der Waals surface area contributed by atoms with E-state index in [-0.39, 0.29) is 47.7 Å². The summed E-state index contributed by atoms with van der Waals surface area (Å²) in [4.78, 5) is 27.1. The van der Waals surface area contributed by atoms with Crippen molar-refractivity contribution < 1.29 is 45.4 Å². The maximum absolute atomic E-state index is 13.6. The molecule has 0 aliphatic heterocycles. The molecule has 0 saturated carbocycles. The van der Waals surface area contributed by atoms with Gasteiger partial charge in [0.2, 0.25) is 0 Å². The molecule has 1 aliphatic carbocycles. The van der Waals surface area contributed by atoms with Gasteiger partial charge in [0.05, 0.1) is 30.0 Å². The predicted molar refractivity (Wildman–Crippen MR) is 224 cm³/mol. The standard InChI is InChI=1S/C45H53F3N4O7S/c1-8-9-10-12-32-26-39(57-7)42(37-25-31(5)15-22-36(37)29(2)3)40(27-32)59-44(54)51(6)23-11-24-58-43(53)50-60(55,56)35-20-18-34(19-21-35)52-38(28-41(49-52)45(46,47)48)33-16-13-30(4)14-17-33/h13-14,16-21,25-28,36-37H,2,8-12,15,22-24H2,1,3-7H3,(H,50,53)/t36-,37+/m0/s1. The van der Waals surface area contributed by atoms with E-state index in [2.05, 4.69) is 31.6 Å². The van der Waals surface area contributed by atoms with Crippen LogP contribution in [-0.2, 0) is 27.4 Å². The second kappa shape index (κ2) is 19.7. The fourth-order valence-corrected chi connectivity index (χ4v) is 8.10. The zero-order chi connectivity index (χ0) is 43.8. The van der Waals surface area contributed by atoms with Crippen LogP contribution in [0.25, 0.3) is 16.9 Å². The molecule has 0 fully saturated rings. The molecule has 11 nitrogen and oxygen atoms in total. The maximum atomic E-state index is 13.6. The van der Waals surface area contributed by atoms with Crippen LogP contribution in [-0.4, -0.2) is 62.6 Å². The minimum atomic E-state index is -4.71. The molecule has 2 amide bonds. The molecule has 5 rings (SSSR count). The van der Waals surface area contributed by atoms with Crippen LogP contribution in [0.15, 0.2) is 95.4 Å². The van der Waals surface area contributed by atoms with Crippen molar-refractivity contribution in [3.63, 3.8) is 0 Å². The van der Waals surface area contributed by atoms with Crippen LogP contribution in [0, 0.1) is 12.8 Å². The molecule has 322 valence electrons. The van der Waals surface area contributed by atoms with Gasteiger partial charge in [-0.3, -0.25) is 0 Å². The average molecular weight is 851 g/mol. The van der Waals surface area contributed by atoms with Gasteiger partial charge < -0.3 is 19.1 Å². The second-order valence-electron chi connectivity index (χ2n) is 15.3. The minimum absolute atomic E-state index is 0.107. The first-order valence-electron chi connectivity index (χ1n) is 19.9. The lowest BCUT2D eigenvalue weighted by Gasteiger charge is -2.33. The number of alkyl halides is 3. The topological polar surface area (TPSA) is 129 Å². The van der Waals surface area contributed by atoms with Crippen molar-refractivity contribution in [1.82, 2.24) is 19.4 Å². The first-order valence-corrected chi connectivity index (χ1v) is 21.4. The number of hydrogen-bond donors (Lipinski definition) is 1. The lowest BCUT2D eigenvalue weighted by atomic mass is 9.73. The average Bonchev–Trinajstić information content (AvgIpc) is 3.66. The van der Waals surface area contributed by atoms with Crippen LogP contribution in [0.4, 0.5) is 22.8 Å². The molecular weight excluding hydrogens is 798 g/mol. The molecule has 2 atom stereocenters. The molecule has 1 N–H and O–H groups in total. The summed E-state index contributed by atoms with van der Waals surface area (Å²) in [5.41, 5.74) is 4.64. The minimum Gasteiger partial charge on any atom is -0.496 e. The van der Waals surface area contributed by atoms with Gasteiger partial charge >= 0.3 is 18.4 Å². The molecule has 15 heteroatoms. The van der Waals surface area contributed by atoms with Crippen molar-refractivity contribution in [2.24, 2.45) is 5.92 Å². The number of aromatic nitrogens is 2. The Hall–Kier alpha value is -5.57. The number of aryl methyl sites for hydroxylation is 2. The lowest BCUT2D eigenvalue weighted by molar-refractivity contribution is -0.141. The molecule has 0 spiro atoms. The zero-order valence-corrected chi connectivity index (χ0v) is 35.7. The van der Waals surface area contributed by atoms with E-state index >= 15 is 0 Å². The van der Waals surface area contributed by atoms with Crippen LogP contribution >= 0.6 is 0 Å². The number of amides is 2. The van der Waals surface area contributed by atoms with Gasteiger partial charge in [0.25, 0.3) is 10.0 Å².